The number of nitrogens with zero attached hydrogens (tertiary/aromatic N) is 2. The van der Waals surface area contributed by atoms with E-state index in [0.29, 0.717) is 23.1 Å². The van der Waals surface area contributed by atoms with Crippen molar-refractivity contribution in [1.29, 1.82) is 5.26 Å². The lowest BCUT2D eigenvalue weighted by Gasteiger charge is -2.26. The van der Waals surface area contributed by atoms with Crippen LogP contribution >= 0.6 is 11.6 Å². The summed E-state index contributed by atoms with van der Waals surface area (Å²) in [7, 11) is 0. The predicted octanol–water partition coefficient (Wildman–Crippen LogP) is 4.11. The third kappa shape index (κ3) is 5.22. The van der Waals surface area contributed by atoms with Crippen molar-refractivity contribution in [2.24, 2.45) is 0 Å². The summed E-state index contributed by atoms with van der Waals surface area (Å²) in [5.74, 6) is 0.646. The normalized spacial score (nSPS) is 15.3. The van der Waals surface area contributed by atoms with Gasteiger partial charge in [0, 0.05) is 24.7 Å². The maximum absolute atomic E-state index is 12.3. The lowest BCUT2D eigenvalue weighted by Crippen LogP contribution is -2.37. The number of amides is 1. The van der Waals surface area contributed by atoms with Crippen molar-refractivity contribution in [3.05, 3.63) is 52.8 Å². The third-order valence-corrected chi connectivity index (χ3v) is 4.91. The molecule has 6 heteroatoms. The quantitative estimate of drug-likeness (QED) is 0.602. The zero-order valence-corrected chi connectivity index (χ0v) is 15.8. The lowest BCUT2D eigenvalue weighted by atomic mass is 10.1. The molecule has 0 unspecified atom stereocenters. The highest BCUT2D eigenvalue weighted by Gasteiger charge is 2.13. The molecule has 2 aromatic rings. The molecule has 2 heterocycles. The summed E-state index contributed by atoms with van der Waals surface area (Å²) in [6, 6.07) is 12.8. The number of hydrogen-bond acceptors (Lipinski definition) is 4. The van der Waals surface area contributed by atoms with E-state index in [1.807, 2.05) is 24.3 Å². The van der Waals surface area contributed by atoms with Gasteiger partial charge in [-0.1, -0.05) is 30.2 Å². The first-order valence-electron chi connectivity index (χ1n) is 9.14. The molecule has 1 saturated heterocycles. The predicted molar refractivity (Wildman–Crippen MR) is 106 cm³/mol. The molecule has 0 saturated carbocycles. The van der Waals surface area contributed by atoms with E-state index < -0.39 is 0 Å². The number of piperidine rings is 1. The van der Waals surface area contributed by atoms with Crippen LogP contribution in [0, 0.1) is 11.3 Å². The average molecular weight is 384 g/mol. The number of benzene rings is 1. The molecule has 0 radical (unpaired) electrons. The number of carbonyl (C=O) groups excluding carboxylic acids is 1. The van der Waals surface area contributed by atoms with E-state index in [1.165, 1.54) is 25.3 Å². The smallest absolute Gasteiger partial charge is 0.262 e. The van der Waals surface area contributed by atoms with E-state index in [2.05, 4.69) is 10.2 Å². The van der Waals surface area contributed by atoms with Crippen LogP contribution in [0.2, 0.25) is 5.02 Å². The Morgan fingerprint density at radius 3 is 2.74 bits per heavy atom. The number of hydrogen-bond donors (Lipinski definition) is 1. The maximum atomic E-state index is 12.3. The Bertz CT molecular complexity index is 860. The van der Waals surface area contributed by atoms with Gasteiger partial charge in [-0.15, -0.1) is 0 Å². The van der Waals surface area contributed by atoms with Crippen LogP contribution in [0.15, 0.2) is 46.4 Å². The van der Waals surface area contributed by atoms with Gasteiger partial charge in [-0.05, 0) is 50.2 Å². The molecule has 1 amide bonds. The van der Waals surface area contributed by atoms with Crippen molar-refractivity contribution in [2.45, 2.75) is 19.3 Å². The Balaban J connectivity index is 1.61. The van der Waals surface area contributed by atoms with Gasteiger partial charge in [-0.2, -0.15) is 5.26 Å². The van der Waals surface area contributed by atoms with Crippen LogP contribution < -0.4 is 5.32 Å². The van der Waals surface area contributed by atoms with E-state index in [0.717, 1.165) is 25.2 Å². The van der Waals surface area contributed by atoms with Gasteiger partial charge in [0.25, 0.3) is 5.91 Å². The molecule has 0 atom stereocenters. The Hall–Kier alpha value is -2.55. The number of furan rings is 1. The van der Waals surface area contributed by atoms with Crippen LogP contribution in [-0.2, 0) is 4.79 Å². The summed E-state index contributed by atoms with van der Waals surface area (Å²) in [6.45, 7) is 3.49. The first-order chi connectivity index (χ1) is 13.2. The average Bonchev–Trinajstić information content (AvgIpc) is 3.15. The molecule has 1 fully saturated rings. The summed E-state index contributed by atoms with van der Waals surface area (Å²) < 4.78 is 5.73. The highest BCUT2D eigenvalue weighted by Crippen LogP contribution is 2.29. The summed E-state index contributed by atoms with van der Waals surface area (Å²) in [5, 5.41) is 12.7. The fraction of sp³-hybridized carbons (Fsp3) is 0.333. The minimum atomic E-state index is -0.384. The number of nitriles is 1. The molecule has 3 rings (SSSR count). The molecule has 1 aliphatic heterocycles. The van der Waals surface area contributed by atoms with Crippen LogP contribution in [0.4, 0.5) is 0 Å². The highest BCUT2D eigenvalue weighted by molar-refractivity contribution is 6.33. The molecule has 0 bridgehead atoms. The second-order valence-corrected chi connectivity index (χ2v) is 6.92. The van der Waals surface area contributed by atoms with Crippen LogP contribution in [0.3, 0.4) is 0 Å². The first kappa shape index (κ1) is 19.2. The fourth-order valence-corrected chi connectivity index (χ4v) is 3.36. The Kier molecular flexibility index (Phi) is 6.69. The lowest BCUT2D eigenvalue weighted by molar-refractivity contribution is -0.117. The van der Waals surface area contributed by atoms with E-state index >= 15 is 0 Å². The highest BCUT2D eigenvalue weighted by atomic mass is 35.5. The van der Waals surface area contributed by atoms with Crippen molar-refractivity contribution < 1.29 is 9.21 Å². The number of halogens is 1. The second-order valence-electron chi connectivity index (χ2n) is 6.51. The summed E-state index contributed by atoms with van der Waals surface area (Å²) in [5.41, 5.74) is 0.789. The van der Waals surface area contributed by atoms with Gasteiger partial charge in [-0.25, -0.2) is 0 Å². The van der Waals surface area contributed by atoms with Crippen molar-refractivity contribution in [3.63, 3.8) is 0 Å². The van der Waals surface area contributed by atoms with Crippen molar-refractivity contribution in [1.82, 2.24) is 10.2 Å². The number of rotatable bonds is 6. The summed E-state index contributed by atoms with van der Waals surface area (Å²) in [4.78, 5) is 14.6. The fourth-order valence-electron chi connectivity index (χ4n) is 3.13. The van der Waals surface area contributed by atoms with Gasteiger partial charge in [0.15, 0.2) is 0 Å². The van der Waals surface area contributed by atoms with E-state index in [1.54, 1.807) is 18.2 Å². The molecule has 1 N–H and O–H groups in total. The second kappa shape index (κ2) is 9.40. The zero-order valence-electron chi connectivity index (χ0n) is 15.1. The SMILES string of the molecule is N#C/C(=C\c1ccc(-c2ccccc2Cl)o1)C(=O)NCCN1CCCCC1. The van der Waals surface area contributed by atoms with Crippen molar-refractivity contribution >= 4 is 23.6 Å². The van der Waals surface area contributed by atoms with E-state index in [4.69, 9.17) is 16.0 Å². The zero-order chi connectivity index (χ0) is 19.1. The molecule has 27 heavy (non-hydrogen) atoms. The third-order valence-electron chi connectivity index (χ3n) is 4.58. The van der Waals surface area contributed by atoms with Gasteiger partial charge in [-0.3, -0.25) is 4.79 Å². The summed E-state index contributed by atoms with van der Waals surface area (Å²) >= 11 is 6.18. The summed E-state index contributed by atoms with van der Waals surface area (Å²) in [6.07, 6.45) is 5.16. The van der Waals surface area contributed by atoms with Gasteiger partial charge in [0.05, 0.1) is 5.02 Å². The van der Waals surface area contributed by atoms with Gasteiger partial charge in [0.1, 0.15) is 23.2 Å². The molecule has 0 aliphatic carbocycles. The largest absolute Gasteiger partial charge is 0.457 e. The van der Waals surface area contributed by atoms with Gasteiger partial charge < -0.3 is 14.6 Å². The molecule has 0 spiro atoms. The van der Waals surface area contributed by atoms with Gasteiger partial charge in [0.2, 0.25) is 0 Å². The van der Waals surface area contributed by atoms with Crippen LogP contribution in [-0.4, -0.2) is 37.0 Å². The Morgan fingerprint density at radius 2 is 2.00 bits per heavy atom. The molecule has 1 aliphatic rings. The van der Waals surface area contributed by atoms with E-state index in [-0.39, 0.29) is 11.5 Å². The van der Waals surface area contributed by atoms with E-state index in [9.17, 15) is 10.1 Å². The van der Waals surface area contributed by atoms with Crippen molar-refractivity contribution in [2.75, 3.05) is 26.2 Å². The molecule has 5 nitrogen and oxygen atoms in total. The van der Waals surface area contributed by atoms with Crippen molar-refractivity contribution in [3.8, 4) is 17.4 Å². The molecule has 1 aromatic heterocycles. The molecule has 1 aromatic carbocycles. The molecular weight excluding hydrogens is 362 g/mol. The van der Waals surface area contributed by atoms with Crippen LogP contribution in [0.5, 0.6) is 0 Å². The Morgan fingerprint density at radius 1 is 1.22 bits per heavy atom. The topological polar surface area (TPSA) is 69.3 Å². The van der Waals surface area contributed by atoms with Gasteiger partial charge >= 0.3 is 0 Å². The maximum Gasteiger partial charge on any atom is 0.262 e. The standard InChI is InChI=1S/C21H22ClN3O2/c22-19-7-3-2-6-18(19)20-9-8-17(27-20)14-16(15-23)21(26)24-10-13-25-11-4-1-5-12-25/h2-3,6-9,14H,1,4-5,10-13H2,(H,24,26)/b16-14+. The Labute approximate surface area is 164 Å². The number of likely N-dealkylation sites (tertiary alicyclic amines) is 1. The first-order valence-corrected chi connectivity index (χ1v) is 9.52. The number of carbonyl (C=O) groups is 1. The van der Waals surface area contributed by atoms with Crippen LogP contribution in [0.1, 0.15) is 25.0 Å². The minimum Gasteiger partial charge on any atom is -0.457 e. The number of nitrogens with one attached hydrogen (secondary N) is 1. The van der Waals surface area contributed by atoms with Crippen LogP contribution in [0.25, 0.3) is 17.4 Å². The molecular formula is C21H22ClN3O2. The monoisotopic (exact) mass is 383 g/mol. The molecule has 140 valence electrons. The minimum absolute atomic E-state index is 0.0219.